The van der Waals surface area contributed by atoms with Gasteiger partial charge in [0.05, 0.1) is 0 Å². The monoisotopic (exact) mass is 287 g/mol. The third-order valence-corrected chi connectivity index (χ3v) is 4.26. The molecule has 2 heterocycles. The van der Waals surface area contributed by atoms with E-state index in [0.29, 0.717) is 12.0 Å². The van der Waals surface area contributed by atoms with Crippen molar-refractivity contribution in [3.05, 3.63) is 29.8 Å². The van der Waals surface area contributed by atoms with Gasteiger partial charge in [-0.15, -0.1) is 0 Å². The van der Waals surface area contributed by atoms with Gasteiger partial charge in [0.2, 0.25) is 5.91 Å². The van der Waals surface area contributed by atoms with Gasteiger partial charge in [0.25, 0.3) is 5.91 Å². The average Bonchev–Trinajstić information content (AvgIpc) is 2.93. The Balaban J connectivity index is 1.74. The van der Waals surface area contributed by atoms with Crippen LogP contribution in [0.5, 0.6) is 0 Å². The summed E-state index contributed by atoms with van der Waals surface area (Å²) >= 11 is 0. The van der Waals surface area contributed by atoms with Gasteiger partial charge in [-0.25, -0.2) is 0 Å². The third-order valence-electron chi connectivity index (χ3n) is 4.26. The minimum absolute atomic E-state index is 0.0725. The molecule has 0 aliphatic carbocycles. The molecule has 0 spiro atoms. The SMILES string of the molecule is CC1CNCCN1C(=O)c1ccc(N2CCCC2=O)cc1. The summed E-state index contributed by atoms with van der Waals surface area (Å²) in [6.45, 7) is 5.26. The van der Waals surface area contributed by atoms with Crippen LogP contribution in [0.2, 0.25) is 0 Å². The number of nitrogens with zero attached hydrogens (tertiary/aromatic N) is 2. The molecule has 2 fully saturated rings. The van der Waals surface area contributed by atoms with Gasteiger partial charge in [0.1, 0.15) is 0 Å². The van der Waals surface area contributed by atoms with Crippen LogP contribution in [-0.4, -0.2) is 48.9 Å². The largest absolute Gasteiger partial charge is 0.333 e. The highest BCUT2D eigenvalue weighted by Gasteiger charge is 2.25. The lowest BCUT2D eigenvalue weighted by Gasteiger charge is -2.34. The van der Waals surface area contributed by atoms with Crippen LogP contribution >= 0.6 is 0 Å². The highest BCUT2D eigenvalue weighted by Crippen LogP contribution is 2.22. The number of nitrogens with one attached hydrogen (secondary N) is 1. The molecule has 21 heavy (non-hydrogen) atoms. The molecular formula is C16H21N3O2. The summed E-state index contributed by atoms with van der Waals surface area (Å²) in [5.41, 5.74) is 1.58. The summed E-state index contributed by atoms with van der Waals surface area (Å²) < 4.78 is 0. The molecule has 1 atom stereocenters. The van der Waals surface area contributed by atoms with Crippen LogP contribution in [0.4, 0.5) is 5.69 Å². The molecule has 5 heteroatoms. The maximum atomic E-state index is 12.5. The number of hydrogen-bond acceptors (Lipinski definition) is 3. The van der Waals surface area contributed by atoms with E-state index in [1.54, 1.807) is 4.90 Å². The Hall–Kier alpha value is -1.88. The molecule has 2 amide bonds. The Morgan fingerprint density at radius 2 is 2.00 bits per heavy atom. The van der Waals surface area contributed by atoms with Crippen LogP contribution in [0.3, 0.4) is 0 Å². The molecule has 2 aliphatic heterocycles. The molecule has 112 valence electrons. The molecule has 1 aromatic carbocycles. The zero-order chi connectivity index (χ0) is 14.8. The summed E-state index contributed by atoms with van der Waals surface area (Å²) in [7, 11) is 0. The van der Waals surface area contributed by atoms with E-state index in [-0.39, 0.29) is 17.9 Å². The van der Waals surface area contributed by atoms with Gasteiger partial charge in [-0.05, 0) is 37.6 Å². The van der Waals surface area contributed by atoms with Gasteiger partial charge in [-0.1, -0.05) is 0 Å². The Bertz CT molecular complexity index is 541. The molecule has 1 aromatic rings. The normalized spacial score (nSPS) is 22.7. The number of rotatable bonds is 2. The van der Waals surface area contributed by atoms with E-state index in [9.17, 15) is 9.59 Å². The lowest BCUT2D eigenvalue weighted by molar-refractivity contribution is -0.117. The highest BCUT2D eigenvalue weighted by molar-refractivity contribution is 5.97. The highest BCUT2D eigenvalue weighted by atomic mass is 16.2. The van der Waals surface area contributed by atoms with Gasteiger partial charge in [-0.2, -0.15) is 0 Å². The molecule has 5 nitrogen and oxygen atoms in total. The zero-order valence-electron chi connectivity index (χ0n) is 12.3. The topological polar surface area (TPSA) is 52.7 Å². The van der Waals surface area contributed by atoms with E-state index in [0.717, 1.165) is 38.3 Å². The van der Waals surface area contributed by atoms with E-state index >= 15 is 0 Å². The van der Waals surface area contributed by atoms with Crippen LogP contribution in [0.25, 0.3) is 0 Å². The Labute approximate surface area is 124 Å². The number of anilines is 1. The van der Waals surface area contributed by atoms with Gasteiger partial charge < -0.3 is 15.1 Å². The first-order valence-electron chi connectivity index (χ1n) is 7.59. The maximum absolute atomic E-state index is 12.5. The fourth-order valence-corrected chi connectivity index (χ4v) is 3.01. The standard InChI is InChI=1S/C16H21N3O2/c1-12-11-17-8-10-18(12)16(21)13-4-6-14(7-5-13)19-9-2-3-15(19)20/h4-7,12,17H,2-3,8-11H2,1H3. The van der Waals surface area contributed by atoms with Gasteiger partial charge in [-0.3, -0.25) is 9.59 Å². The number of piperazine rings is 1. The van der Waals surface area contributed by atoms with E-state index in [4.69, 9.17) is 0 Å². The predicted molar refractivity (Wildman–Crippen MR) is 81.4 cm³/mol. The minimum atomic E-state index is 0.0725. The van der Waals surface area contributed by atoms with Gasteiger partial charge >= 0.3 is 0 Å². The van der Waals surface area contributed by atoms with E-state index in [1.807, 2.05) is 29.2 Å². The second-order valence-electron chi connectivity index (χ2n) is 5.75. The summed E-state index contributed by atoms with van der Waals surface area (Å²) in [6, 6.07) is 7.63. The number of carbonyl (C=O) groups is 2. The van der Waals surface area contributed by atoms with Crippen molar-refractivity contribution in [3.63, 3.8) is 0 Å². The second kappa shape index (κ2) is 5.85. The van der Waals surface area contributed by atoms with Gasteiger partial charge in [0.15, 0.2) is 0 Å². The van der Waals surface area contributed by atoms with Crippen molar-refractivity contribution < 1.29 is 9.59 Å². The molecule has 2 aliphatic rings. The molecule has 1 N–H and O–H groups in total. The summed E-state index contributed by atoms with van der Waals surface area (Å²) in [6.07, 6.45) is 1.54. The summed E-state index contributed by atoms with van der Waals surface area (Å²) in [5, 5.41) is 3.28. The molecule has 3 rings (SSSR count). The summed E-state index contributed by atoms with van der Waals surface area (Å²) in [4.78, 5) is 28.0. The Morgan fingerprint density at radius 3 is 2.62 bits per heavy atom. The molecule has 0 saturated carbocycles. The van der Waals surface area contributed by atoms with Crippen molar-refractivity contribution in [1.29, 1.82) is 0 Å². The predicted octanol–water partition coefficient (Wildman–Crippen LogP) is 1.25. The summed E-state index contributed by atoms with van der Waals surface area (Å²) in [5.74, 6) is 0.244. The molecule has 2 saturated heterocycles. The Kier molecular flexibility index (Phi) is 3.92. The molecule has 0 aromatic heterocycles. The fourth-order valence-electron chi connectivity index (χ4n) is 3.01. The molecule has 1 unspecified atom stereocenters. The second-order valence-corrected chi connectivity index (χ2v) is 5.75. The van der Waals surface area contributed by atoms with Crippen LogP contribution < -0.4 is 10.2 Å². The first-order valence-corrected chi connectivity index (χ1v) is 7.59. The number of amides is 2. The Morgan fingerprint density at radius 1 is 1.24 bits per heavy atom. The van der Waals surface area contributed by atoms with Crippen molar-refractivity contribution in [2.24, 2.45) is 0 Å². The first-order chi connectivity index (χ1) is 10.2. The number of carbonyl (C=O) groups excluding carboxylic acids is 2. The van der Waals surface area contributed by atoms with E-state index < -0.39 is 0 Å². The van der Waals surface area contributed by atoms with Crippen molar-refractivity contribution in [2.75, 3.05) is 31.1 Å². The molecular weight excluding hydrogens is 266 g/mol. The van der Waals surface area contributed by atoms with E-state index in [2.05, 4.69) is 12.2 Å². The lowest BCUT2D eigenvalue weighted by atomic mass is 10.1. The molecule has 0 bridgehead atoms. The van der Waals surface area contributed by atoms with Crippen molar-refractivity contribution >= 4 is 17.5 Å². The zero-order valence-corrected chi connectivity index (χ0v) is 12.3. The number of benzene rings is 1. The maximum Gasteiger partial charge on any atom is 0.254 e. The van der Waals surface area contributed by atoms with E-state index in [1.165, 1.54) is 0 Å². The first kappa shape index (κ1) is 14.1. The van der Waals surface area contributed by atoms with Crippen molar-refractivity contribution in [3.8, 4) is 0 Å². The van der Waals surface area contributed by atoms with Crippen molar-refractivity contribution in [2.45, 2.75) is 25.8 Å². The van der Waals surface area contributed by atoms with Gasteiger partial charge in [0, 0.05) is 49.9 Å². The quantitative estimate of drug-likeness (QED) is 0.890. The number of hydrogen-bond donors (Lipinski definition) is 1. The lowest BCUT2D eigenvalue weighted by Crippen LogP contribution is -2.52. The molecule has 0 radical (unpaired) electrons. The third kappa shape index (κ3) is 2.78. The van der Waals surface area contributed by atoms with Crippen LogP contribution in [0.15, 0.2) is 24.3 Å². The van der Waals surface area contributed by atoms with Crippen molar-refractivity contribution in [1.82, 2.24) is 10.2 Å². The van der Waals surface area contributed by atoms with Crippen LogP contribution in [-0.2, 0) is 4.79 Å². The smallest absolute Gasteiger partial charge is 0.254 e. The fraction of sp³-hybridized carbons (Fsp3) is 0.500. The van der Waals surface area contributed by atoms with Crippen LogP contribution in [0, 0.1) is 0 Å². The van der Waals surface area contributed by atoms with Crippen LogP contribution in [0.1, 0.15) is 30.1 Å². The average molecular weight is 287 g/mol. The minimum Gasteiger partial charge on any atom is -0.333 e.